The first-order valence-electron chi connectivity index (χ1n) is 6.34. The number of anilines is 2. The van der Waals surface area contributed by atoms with Crippen LogP contribution in [0.25, 0.3) is 0 Å². The van der Waals surface area contributed by atoms with Crippen molar-refractivity contribution in [2.45, 2.75) is 19.4 Å². The van der Waals surface area contributed by atoms with Gasteiger partial charge in [-0.2, -0.15) is 0 Å². The summed E-state index contributed by atoms with van der Waals surface area (Å²) >= 11 is 0. The smallest absolute Gasteiger partial charge is 0.306 e. The van der Waals surface area contributed by atoms with Gasteiger partial charge in [0.15, 0.2) is 0 Å². The van der Waals surface area contributed by atoms with E-state index in [9.17, 15) is 4.79 Å². The summed E-state index contributed by atoms with van der Waals surface area (Å²) in [6, 6.07) is 11.7. The number of aromatic nitrogens is 1. The van der Waals surface area contributed by atoms with Crippen molar-refractivity contribution < 1.29 is 4.79 Å². The number of fused-ring (bicyclic) bond motifs is 1. The standard InChI is InChI=1S/C15H15N3O/c1-11-9-12-5-2-3-7-14(12)18(11)15(19)17-13-6-4-8-16-10-13/h2-8,10-11H,9H2,1H3,(H,17,19). The summed E-state index contributed by atoms with van der Waals surface area (Å²) in [7, 11) is 0. The molecular weight excluding hydrogens is 238 g/mol. The van der Waals surface area contributed by atoms with E-state index in [4.69, 9.17) is 0 Å². The van der Waals surface area contributed by atoms with Crippen LogP contribution in [-0.4, -0.2) is 17.1 Å². The van der Waals surface area contributed by atoms with Crippen LogP contribution in [0.5, 0.6) is 0 Å². The van der Waals surface area contributed by atoms with Crippen molar-refractivity contribution in [2.24, 2.45) is 0 Å². The number of benzene rings is 1. The van der Waals surface area contributed by atoms with Crippen LogP contribution in [0.1, 0.15) is 12.5 Å². The molecule has 2 aromatic rings. The molecule has 1 aliphatic heterocycles. The van der Waals surface area contributed by atoms with Crippen LogP contribution < -0.4 is 10.2 Å². The molecule has 1 aromatic heterocycles. The lowest BCUT2D eigenvalue weighted by Gasteiger charge is -2.23. The highest BCUT2D eigenvalue weighted by atomic mass is 16.2. The largest absolute Gasteiger partial charge is 0.326 e. The van der Waals surface area contributed by atoms with Crippen molar-refractivity contribution >= 4 is 17.4 Å². The maximum atomic E-state index is 12.4. The van der Waals surface area contributed by atoms with Gasteiger partial charge in [0.1, 0.15) is 0 Å². The first kappa shape index (κ1) is 11.7. The minimum absolute atomic E-state index is 0.106. The average Bonchev–Trinajstić information content (AvgIpc) is 2.75. The highest BCUT2D eigenvalue weighted by Gasteiger charge is 2.30. The Balaban J connectivity index is 1.84. The summed E-state index contributed by atoms with van der Waals surface area (Å²) in [6.07, 6.45) is 4.23. The summed E-state index contributed by atoms with van der Waals surface area (Å²) in [5, 5.41) is 2.88. The molecule has 1 N–H and O–H groups in total. The molecule has 4 nitrogen and oxygen atoms in total. The van der Waals surface area contributed by atoms with Crippen LogP contribution in [0.4, 0.5) is 16.2 Å². The Morgan fingerprint density at radius 1 is 1.32 bits per heavy atom. The van der Waals surface area contributed by atoms with Crippen molar-refractivity contribution in [1.82, 2.24) is 4.98 Å². The number of nitrogens with one attached hydrogen (secondary N) is 1. The number of carbonyl (C=O) groups is 1. The number of carbonyl (C=O) groups excluding carboxylic acids is 1. The quantitative estimate of drug-likeness (QED) is 0.849. The van der Waals surface area contributed by atoms with Gasteiger partial charge in [0, 0.05) is 17.9 Å². The van der Waals surface area contributed by atoms with Crippen LogP contribution in [0.15, 0.2) is 48.8 Å². The minimum Gasteiger partial charge on any atom is -0.306 e. The molecule has 2 amide bonds. The van der Waals surface area contributed by atoms with E-state index in [1.807, 2.05) is 29.2 Å². The third kappa shape index (κ3) is 2.17. The number of rotatable bonds is 1. The number of para-hydroxylation sites is 1. The average molecular weight is 253 g/mol. The van der Waals surface area contributed by atoms with Crippen molar-refractivity contribution in [3.8, 4) is 0 Å². The van der Waals surface area contributed by atoms with E-state index < -0.39 is 0 Å². The molecule has 1 atom stereocenters. The van der Waals surface area contributed by atoms with Gasteiger partial charge in [-0.3, -0.25) is 9.88 Å². The predicted molar refractivity (Wildman–Crippen MR) is 75.3 cm³/mol. The Bertz CT molecular complexity index is 597. The second-order valence-corrected chi connectivity index (χ2v) is 4.72. The SMILES string of the molecule is CC1Cc2ccccc2N1C(=O)Nc1cccnc1. The summed E-state index contributed by atoms with van der Waals surface area (Å²) < 4.78 is 0. The Morgan fingerprint density at radius 2 is 2.16 bits per heavy atom. The van der Waals surface area contributed by atoms with Gasteiger partial charge in [-0.25, -0.2) is 4.79 Å². The van der Waals surface area contributed by atoms with Gasteiger partial charge in [0.05, 0.1) is 11.9 Å². The van der Waals surface area contributed by atoms with E-state index in [2.05, 4.69) is 23.3 Å². The Morgan fingerprint density at radius 3 is 2.95 bits per heavy atom. The third-order valence-corrected chi connectivity index (χ3v) is 3.34. The number of amides is 2. The highest BCUT2D eigenvalue weighted by molar-refractivity contribution is 6.03. The van der Waals surface area contributed by atoms with Gasteiger partial charge in [-0.05, 0) is 37.1 Å². The molecule has 2 heterocycles. The molecule has 3 rings (SSSR count). The van der Waals surface area contributed by atoms with Gasteiger partial charge in [0.2, 0.25) is 0 Å². The van der Waals surface area contributed by atoms with Crippen LogP contribution in [0.3, 0.4) is 0 Å². The fraction of sp³-hybridized carbons (Fsp3) is 0.200. The third-order valence-electron chi connectivity index (χ3n) is 3.34. The molecule has 1 unspecified atom stereocenters. The maximum absolute atomic E-state index is 12.4. The Kier molecular flexibility index (Phi) is 2.91. The minimum atomic E-state index is -0.106. The summed E-state index contributed by atoms with van der Waals surface area (Å²) in [6.45, 7) is 2.06. The van der Waals surface area contributed by atoms with Crippen LogP contribution in [0.2, 0.25) is 0 Å². The fourth-order valence-corrected chi connectivity index (χ4v) is 2.50. The molecule has 0 saturated carbocycles. The van der Waals surface area contributed by atoms with Crippen molar-refractivity contribution in [3.05, 3.63) is 54.4 Å². The molecule has 0 radical (unpaired) electrons. The van der Waals surface area contributed by atoms with Crippen molar-refractivity contribution in [2.75, 3.05) is 10.2 Å². The molecular formula is C15H15N3O. The van der Waals surface area contributed by atoms with Gasteiger partial charge >= 0.3 is 6.03 Å². The Labute approximate surface area is 112 Å². The fourth-order valence-electron chi connectivity index (χ4n) is 2.50. The van der Waals surface area contributed by atoms with E-state index in [0.29, 0.717) is 5.69 Å². The van der Waals surface area contributed by atoms with E-state index in [-0.39, 0.29) is 12.1 Å². The lowest BCUT2D eigenvalue weighted by atomic mass is 10.1. The zero-order valence-corrected chi connectivity index (χ0v) is 10.7. The van der Waals surface area contributed by atoms with Crippen LogP contribution in [-0.2, 0) is 6.42 Å². The number of pyridine rings is 1. The van der Waals surface area contributed by atoms with Crippen molar-refractivity contribution in [3.63, 3.8) is 0 Å². The van der Waals surface area contributed by atoms with Gasteiger partial charge in [-0.1, -0.05) is 18.2 Å². The van der Waals surface area contributed by atoms with E-state index in [0.717, 1.165) is 12.1 Å². The maximum Gasteiger partial charge on any atom is 0.326 e. The molecule has 0 saturated heterocycles. The number of urea groups is 1. The second-order valence-electron chi connectivity index (χ2n) is 4.72. The topological polar surface area (TPSA) is 45.2 Å². The number of hydrogen-bond acceptors (Lipinski definition) is 2. The van der Waals surface area contributed by atoms with E-state index in [1.54, 1.807) is 18.5 Å². The zero-order chi connectivity index (χ0) is 13.2. The van der Waals surface area contributed by atoms with Gasteiger partial charge in [0.25, 0.3) is 0 Å². The lowest BCUT2D eigenvalue weighted by molar-refractivity contribution is 0.256. The second kappa shape index (κ2) is 4.72. The molecule has 0 aliphatic carbocycles. The highest BCUT2D eigenvalue weighted by Crippen LogP contribution is 2.32. The summed E-state index contributed by atoms with van der Waals surface area (Å²) in [5.74, 6) is 0. The van der Waals surface area contributed by atoms with Crippen molar-refractivity contribution in [1.29, 1.82) is 0 Å². The molecule has 1 aromatic carbocycles. The number of nitrogens with zero attached hydrogens (tertiary/aromatic N) is 2. The first-order chi connectivity index (χ1) is 9.25. The monoisotopic (exact) mass is 253 g/mol. The van der Waals surface area contributed by atoms with E-state index in [1.165, 1.54) is 5.56 Å². The summed E-state index contributed by atoms with van der Waals surface area (Å²) in [4.78, 5) is 18.2. The molecule has 19 heavy (non-hydrogen) atoms. The molecule has 0 fully saturated rings. The molecule has 1 aliphatic rings. The zero-order valence-electron chi connectivity index (χ0n) is 10.7. The lowest BCUT2D eigenvalue weighted by Crippen LogP contribution is -2.39. The predicted octanol–water partition coefficient (Wildman–Crippen LogP) is 3.06. The number of hydrogen-bond donors (Lipinski definition) is 1. The Hall–Kier alpha value is -2.36. The first-order valence-corrected chi connectivity index (χ1v) is 6.34. The summed E-state index contributed by atoms with van der Waals surface area (Å²) in [5.41, 5.74) is 2.93. The van der Waals surface area contributed by atoms with Crippen LogP contribution in [0, 0.1) is 0 Å². The molecule has 4 heteroatoms. The van der Waals surface area contributed by atoms with Crippen LogP contribution >= 0.6 is 0 Å². The van der Waals surface area contributed by atoms with Gasteiger partial charge < -0.3 is 5.32 Å². The molecule has 0 bridgehead atoms. The molecule has 96 valence electrons. The van der Waals surface area contributed by atoms with Gasteiger partial charge in [-0.15, -0.1) is 0 Å². The normalized spacial score (nSPS) is 17.1. The molecule has 0 spiro atoms. The van der Waals surface area contributed by atoms with E-state index >= 15 is 0 Å².